The molecule has 0 atom stereocenters. The average Bonchev–Trinajstić information content (AvgIpc) is 2.40. The van der Waals surface area contributed by atoms with Crippen molar-refractivity contribution in [2.45, 2.75) is 41.5 Å². The molecule has 0 aliphatic rings. The van der Waals surface area contributed by atoms with Gasteiger partial charge in [0.2, 0.25) is 11.5 Å². The Balaban J connectivity index is 3.28. The molecule has 0 fully saturated rings. The van der Waals surface area contributed by atoms with E-state index in [-0.39, 0.29) is 17.2 Å². The van der Waals surface area contributed by atoms with Crippen LogP contribution in [0.2, 0.25) is 0 Å². The van der Waals surface area contributed by atoms with Crippen LogP contribution < -0.4 is 20.2 Å². The molecule has 1 rings (SSSR count). The highest BCUT2D eigenvalue weighted by molar-refractivity contribution is 5.82. The van der Waals surface area contributed by atoms with Crippen LogP contribution in [0.15, 0.2) is 12.1 Å². The van der Waals surface area contributed by atoms with Gasteiger partial charge >= 0.3 is 11.9 Å². The molecule has 0 aromatic heterocycles. The van der Waals surface area contributed by atoms with Crippen molar-refractivity contribution in [3.63, 3.8) is 0 Å². The molecular weight excluding hydrogens is 302 g/mol. The van der Waals surface area contributed by atoms with Crippen LogP contribution >= 0.6 is 0 Å². The van der Waals surface area contributed by atoms with E-state index in [9.17, 15) is 14.7 Å². The third-order valence-electron chi connectivity index (χ3n) is 2.81. The largest absolute Gasteiger partial charge is 0.502 e. The smallest absolute Gasteiger partial charge is 0.316 e. The fourth-order valence-corrected chi connectivity index (χ4v) is 1.31. The van der Waals surface area contributed by atoms with E-state index in [1.54, 1.807) is 41.5 Å². The lowest BCUT2D eigenvalue weighted by atomic mass is 9.97. The number of carbonyl (C=O) groups is 2. The molecule has 128 valence electrons. The summed E-state index contributed by atoms with van der Waals surface area (Å²) >= 11 is 0. The number of hydrogen-bond acceptors (Lipinski definition) is 7. The minimum absolute atomic E-state index is 0.0965. The summed E-state index contributed by atoms with van der Waals surface area (Å²) in [6, 6.07) is 2.63. The van der Waals surface area contributed by atoms with E-state index in [0.29, 0.717) is 0 Å². The van der Waals surface area contributed by atoms with Gasteiger partial charge in [0.25, 0.3) is 0 Å². The predicted molar refractivity (Wildman–Crippen MR) is 83.1 cm³/mol. The van der Waals surface area contributed by atoms with Crippen LogP contribution in [0.4, 0.5) is 0 Å². The number of phenols is 1. The van der Waals surface area contributed by atoms with Crippen LogP contribution in [-0.4, -0.2) is 17.0 Å². The zero-order valence-corrected chi connectivity index (χ0v) is 14.2. The van der Waals surface area contributed by atoms with Crippen molar-refractivity contribution >= 4 is 11.9 Å². The van der Waals surface area contributed by atoms with Gasteiger partial charge in [-0.3, -0.25) is 9.59 Å². The molecule has 0 radical (unpaired) electrons. The fraction of sp³-hybridized carbons (Fsp3) is 0.500. The normalized spacial score (nSPS) is 11.8. The van der Waals surface area contributed by atoms with E-state index in [0.717, 1.165) is 0 Å². The van der Waals surface area contributed by atoms with Crippen LogP contribution in [0.5, 0.6) is 23.0 Å². The maximum atomic E-state index is 12.1. The summed E-state index contributed by atoms with van der Waals surface area (Å²) in [5.74, 6) is 2.83. The summed E-state index contributed by atoms with van der Waals surface area (Å²) in [5.41, 5.74) is -1.60. The molecule has 0 aliphatic carbocycles. The lowest BCUT2D eigenvalue weighted by molar-refractivity contribution is -0.145. The number of benzene rings is 1. The van der Waals surface area contributed by atoms with Gasteiger partial charge in [-0.25, -0.2) is 0 Å². The maximum Gasteiger partial charge on any atom is 0.316 e. The van der Waals surface area contributed by atoms with E-state index < -0.39 is 28.5 Å². The summed E-state index contributed by atoms with van der Waals surface area (Å²) in [5, 5.41) is 10.1. The van der Waals surface area contributed by atoms with Gasteiger partial charge in [0.05, 0.1) is 10.8 Å². The van der Waals surface area contributed by atoms with Crippen LogP contribution in [0.25, 0.3) is 0 Å². The van der Waals surface area contributed by atoms with Crippen molar-refractivity contribution in [2.24, 2.45) is 16.7 Å². The quantitative estimate of drug-likeness (QED) is 0.499. The van der Waals surface area contributed by atoms with Crippen LogP contribution in [0.1, 0.15) is 41.5 Å². The van der Waals surface area contributed by atoms with Gasteiger partial charge in [0.15, 0.2) is 11.5 Å². The summed E-state index contributed by atoms with van der Waals surface area (Å²) in [6.07, 6.45) is 0. The molecule has 0 spiro atoms. The van der Waals surface area contributed by atoms with E-state index >= 15 is 0 Å². The summed E-state index contributed by atoms with van der Waals surface area (Å²) < 4.78 is 10.4. The summed E-state index contributed by atoms with van der Waals surface area (Å²) in [4.78, 5) is 28.6. The average molecular weight is 325 g/mol. The van der Waals surface area contributed by atoms with Crippen molar-refractivity contribution in [3.05, 3.63) is 12.1 Å². The lowest BCUT2D eigenvalue weighted by Crippen LogP contribution is -2.28. The number of carbonyl (C=O) groups excluding carboxylic acids is 2. The fourth-order valence-electron chi connectivity index (χ4n) is 1.31. The topological polar surface area (TPSA) is 108 Å². The van der Waals surface area contributed by atoms with E-state index in [1.807, 2.05) is 0 Å². The zero-order chi connectivity index (χ0) is 18.0. The van der Waals surface area contributed by atoms with Crippen LogP contribution in [0, 0.1) is 10.8 Å². The second-order valence-corrected chi connectivity index (χ2v) is 7.14. The Morgan fingerprint density at radius 2 is 1.35 bits per heavy atom. The molecule has 23 heavy (non-hydrogen) atoms. The number of ether oxygens (including phenoxy) is 2. The molecule has 1 aromatic carbocycles. The minimum Gasteiger partial charge on any atom is -0.502 e. The number of phenolic OH excluding ortho intramolecular Hbond substituents is 1. The third kappa shape index (κ3) is 4.59. The lowest BCUT2D eigenvalue weighted by Gasteiger charge is -2.21. The van der Waals surface area contributed by atoms with Crippen molar-refractivity contribution in [3.8, 4) is 23.0 Å². The first-order valence-electron chi connectivity index (χ1n) is 7.05. The SMILES string of the molecule is CC(C)(C)C(=O)Oc1ccc(ON)c(O)c1OC(=O)C(C)(C)C. The van der Waals surface area contributed by atoms with E-state index in [1.165, 1.54) is 12.1 Å². The monoisotopic (exact) mass is 325 g/mol. The highest BCUT2D eigenvalue weighted by Gasteiger charge is 2.30. The van der Waals surface area contributed by atoms with Gasteiger partial charge in [-0.2, -0.15) is 5.90 Å². The molecule has 0 saturated heterocycles. The number of esters is 2. The number of aromatic hydroxyl groups is 1. The standard InChI is InChI=1S/C16H23NO6/c1-15(2,3)13(19)21-10-8-7-9(23-17)11(18)12(10)22-14(20)16(4,5)6/h7-8,18H,17H2,1-6H3. The molecule has 0 bridgehead atoms. The van der Waals surface area contributed by atoms with E-state index in [4.69, 9.17) is 15.4 Å². The Morgan fingerprint density at radius 1 is 0.913 bits per heavy atom. The molecule has 3 N–H and O–H groups in total. The van der Waals surface area contributed by atoms with Crippen molar-refractivity contribution < 1.29 is 29.0 Å². The third-order valence-corrected chi connectivity index (χ3v) is 2.81. The second kappa shape index (κ2) is 6.45. The van der Waals surface area contributed by atoms with Gasteiger partial charge in [-0.15, -0.1) is 0 Å². The predicted octanol–water partition coefficient (Wildman–Crippen LogP) is 2.55. The molecule has 7 heteroatoms. The van der Waals surface area contributed by atoms with E-state index in [2.05, 4.69) is 4.84 Å². The molecule has 0 aliphatic heterocycles. The maximum absolute atomic E-state index is 12.1. The zero-order valence-electron chi connectivity index (χ0n) is 14.2. The summed E-state index contributed by atoms with van der Waals surface area (Å²) in [7, 11) is 0. The Bertz CT molecular complexity index is 610. The van der Waals surface area contributed by atoms with Crippen molar-refractivity contribution in [1.29, 1.82) is 0 Å². The molecule has 0 heterocycles. The second-order valence-electron chi connectivity index (χ2n) is 7.14. The van der Waals surface area contributed by atoms with Crippen LogP contribution in [0.3, 0.4) is 0 Å². The number of hydrogen-bond donors (Lipinski definition) is 2. The Hall–Kier alpha value is -2.28. The van der Waals surface area contributed by atoms with Crippen molar-refractivity contribution in [2.75, 3.05) is 0 Å². The molecule has 1 aromatic rings. The first-order chi connectivity index (χ1) is 10.4. The molecule has 0 saturated carbocycles. The highest BCUT2D eigenvalue weighted by Crippen LogP contribution is 2.44. The van der Waals surface area contributed by atoms with Gasteiger partial charge in [0.1, 0.15) is 0 Å². The first kappa shape index (κ1) is 18.8. The Labute approximate surface area is 135 Å². The van der Waals surface area contributed by atoms with Gasteiger partial charge in [-0.05, 0) is 53.7 Å². The minimum atomic E-state index is -0.822. The molecule has 7 nitrogen and oxygen atoms in total. The first-order valence-corrected chi connectivity index (χ1v) is 7.05. The Morgan fingerprint density at radius 3 is 1.78 bits per heavy atom. The molecule has 0 unspecified atom stereocenters. The summed E-state index contributed by atoms with van der Waals surface area (Å²) in [6.45, 7) is 9.97. The number of nitrogens with two attached hydrogens (primary N) is 1. The highest BCUT2D eigenvalue weighted by atomic mass is 16.6. The number of rotatable bonds is 3. The molecular formula is C16H23NO6. The van der Waals surface area contributed by atoms with Gasteiger partial charge in [-0.1, -0.05) is 0 Å². The van der Waals surface area contributed by atoms with Gasteiger partial charge in [0, 0.05) is 0 Å². The molecule has 0 amide bonds. The Kier molecular flexibility index (Phi) is 5.27. The van der Waals surface area contributed by atoms with Crippen molar-refractivity contribution in [1.82, 2.24) is 0 Å². The van der Waals surface area contributed by atoms with Crippen LogP contribution in [-0.2, 0) is 9.59 Å². The van der Waals surface area contributed by atoms with Gasteiger partial charge < -0.3 is 19.4 Å².